The summed E-state index contributed by atoms with van der Waals surface area (Å²) in [5, 5.41) is 8.68. The van der Waals surface area contributed by atoms with Gasteiger partial charge in [0.25, 0.3) is 5.91 Å². The molecular formula is C12H8N2OS2. The first-order valence-corrected chi connectivity index (χ1v) is 6.06. The summed E-state index contributed by atoms with van der Waals surface area (Å²) in [4.78, 5) is 13.8. The average Bonchev–Trinajstić information content (AvgIpc) is 2.58. The highest BCUT2D eigenvalue weighted by atomic mass is 32.2. The van der Waals surface area contributed by atoms with Gasteiger partial charge in [-0.25, -0.2) is 0 Å². The van der Waals surface area contributed by atoms with E-state index in [4.69, 9.17) is 17.5 Å². The molecule has 1 amide bonds. The standard InChI is InChI=1S/C12H8N2OS2/c1-14-11(15)10(17-12(14)16)6-8-2-4-9(7-13)5-3-8/h2-6H,1H3/b10-6-. The van der Waals surface area contributed by atoms with Crippen LogP contribution in [0, 0.1) is 11.3 Å². The van der Waals surface area contributed by atoms with Crippen LogP contribution in [0.4, 0.5) is 0 Å². The molecule has 0 aliphatic carbocycles. The Hall–Kier alpha value is -1.64. The number of likely N-dealkylation sites (N-methyl/N-ethyl adjacent to an activating group) is 1. The van der Waals surface area contributed by atoms with Crippen molar-refractivity contribution in [3.8, 4) is 6.07 Å². The van der Waals surface area contributed by atoms with Crippen LogP contribution in [-0.4, -0.2) is 22.2 Å². The molecule has 0 radical (unpaired) electrons. The van der Waals surface area contributed by atoms with Gasteiger partial charge in [0, 0.05) is 7.05 Å². The number of hydrogen-bond donors (Lipinski definition) is 0. The Labute approximate surface area is 109 Å². The molecule has 0 aromatic heterocycles. The second kappa shape index (κ2) is 4.70. The van der Waals surface area contributed by atoms with E-state index in [1.807, 2.05) is 6.07 Å². The van der Waals surface area contributed by atoms with Crippen molar-refractivity contribution in [3.63, 3.8) is 0 Å². The van der Waals surface area contributed by atoms with Gasteiger partial charge in [-0.05, 0) is 23.8 Å². The number of nitrogens with zero attached hydrogens (tertiary/aromatic N) is 2. The van der Waals surface area contributed by atoms with Crippen molar-refractivity contribution in [2.45, 2.75) is 0 Å². The molecule has 0 atom stereocenters. The smallest absolute Gasteiger partial charge is 0.265 e. The minimum atomic E-state index is -0.0793. The second-order valence-corrected chi connectivity index (χ2v) is 5.15. The fourth-order valence-corrected chi connectivity index (χ4v) is 2.53. The zero-order valence-electron chi connectivity index (χ0n) is 9.01. The number of hydrogen-bond acceptors (Lipinski definition) is 4. The van der Waals surface area contributed by atoms with Crippen LogP contribution in [0.2, 0.25) is 0 Å². The lowest BCUT2D eigenvalue weighted by Crippen LogP contribution is -2.22. The van der Waals surface area contributed by atoms with Gasteiger partial charge in [0.2, 0.25) is 0 Å². The van der Waals surface area contributed by atoms with E-state index < -0.39 is 0 Å². The maximum Gasteiger partial charge on any atom is 0.265 e. The molecule has 2 rings (SSSR count). The van der Waals surface area contributed by atoms with E-state index in [0.29, 0.717) is 14.8 Å². The predicted molar refractivity (Wildman–Crippen MR) is 72.1 cm³/mol. The molecule has 0 bridgehead atoms. The Morgan fingerprint density at radius 1 is 1.41 bits per heavy atom. The highest BCUT2D eigenvalue weighted by molar-refractivity contribution is 8.26. The number of amides is 1. The fraction of sp³-hybridized carbons (Fsp3) is 0.0833. The minimum absolute atomic E-state index is 0.0793. The third kappa shape index (κ3) is 2.38. The molecule has 0 N–H and O–H groups in total. The van der Waals surface area contributed by atoms with Gasteiger partial charge < -0.3 is 0 Å². The highest BCUT2D eigenvalue weighted by Crippen LogP contribution is 2.31. The molecule has 1 aromatic carbocycles. The topological polar surface area (TPSA) is 44.1 Å². The van der Waals surface area contributed by atoms with Crippen molar-refractivity contribution in [1.82, 2.24) is 4.90 Å². The van der Waals surface area contributed by atoms with Gasteiger partial charge in [-0.1, -0.05) is 36.1 Å². The summed E-state index contributed by atoms with van der Waals surface area (Å²) >= 11 is 6.33. The molecule has 17 heavy (non-hydrogen) atoms. The van der Waals surface area contributed by atoms with Crippen LogP contribution in [-0.2, 0) is 4.79 Å². The SMILES string of the molecule is CN1C(=O)/C(=C/c2ccc(C#N)cc2)SC1=S. The number of carbonyl (C=O) groups is 1. The zero-order valence-corrected chi connectivity index (χ0v) is 10.6. The Kier molecular flexibility index (Phi) is 3.27. The number of thiocarbonyl (C=S) groups is 1. The van der Waals surface area contributed by atoms with Crippen molar-refractivity contribution < 1.29 is 4.79 Å². The lowest BCUT2D eigenvalue weighted by molar-refractivity contribution is -0.121. The molecule has 1 fully saturated rings. The Balaban J connectivity index is 2.28. The Morgan fingerprint density at radius 3 is 2.53 bits per heavy atom. The lowest BCUT2D eigenvalue weighted by Gasteiger charge is -2.03. The molecule has 0 unspecified atom stereocenters. The van der Waals surface area contributed by atoms with E-state index >= 15 is 0 Å². The highest BCUT2D eigenvalue weighted by Gasteiger charge is 2.28. The zero-order chi connectivity index (χ0) is 12.4. The number of rotatable bonds is 1. The summed E-state index contributed by atoms with van der Waals surface area (Å²) in [6, 6.07) is 9.10. The molecule has 0 saturated carbocycles. The predicted octanol–water partition coefficient (Wildman–Crippen LogP) is 2.39. The van der Waals surface area contributed by atoms with E-state index in [9.17, 15) is 4.79 Å². The summed E-state index contributed by atoms with van der Waals surface area (Å²) < 4.78 is 0.565. The summed E-state index contributed by atoms with van der Waals surface area (Å²) in [7, 11) is 1.66. The average molecular weight is 260 g/mol. The normalized spacial score (nSPS) is 17.6. The van der Waals surface area contributed by atoms with Gasteiger partial charge in [0.1, 0.15) is 4.32 Å². The van der Waals surface area contributed by atoms with E-state index in [0.717, 1.165) is 5.56 Å². The lowest BCUT2D eigenvalue weighted by atomic mass is 10.1. The molecule has 1 aliphatic heterocycles. The van der Waals surface area contributed by atoms with Gasteiger partial charge in [0.15, 0.2) is 0 Å². The van der Waals surface area contributed by atoms with Crippen molar-refractivity contribution in [3.05, 3.63) is 40.3 Å². The molecule has 1 aromatic rings. The molecule has 84 valence electrons. The van der Waals surface area contributed by atoms with E-state index in [1.165, 1.54) is 16.7 Å². The maximum absolute atomic E-state index is 11.7. The van der Waals surface area contributed by atoms with Crippen LogP contribution in [0.25, 0.3) is 6.08 Å². The second-order valence-electron chi connectivity index (χ2n) is 3.47. The molecule has 3 nitrogen and oxygen atoms in total. The first kappa shape index (κ1) is 11.8. The Morgan fingerprint density at radius 2 is 2.06 bits per heavy atom. The fourth-order valence-electron chi connectivity index (χ4n) is 1.35. The summed E-state index contributed by atoms with van der Waals surface area (Å²) in [6.45, 7) is 0. The molecule has 1 heterocycles. The first-order chi connectivity index (χ1) is 8.11. The molecular weight excluding hydrogens is 252 g/mol. The van der Waals surface area contributed by atoms with Gasteiger partial charge in [-0.3, -0.25) is 9.69 Å². The van der Waals surface area contributed by atoms with Crippen LogP contribution in [0.5, 0.6) is 0 Å². The van der Waals surface area contributed by atoms with E-state index in [-0.39, 0.29) is 5.91 Å². The van der Waals surface area contributed by atoms with Gasteiger partial charge in [0.05, 0.1) is 16.5 Å². The number of carbonyl (C=O) groups excluding carboxylic acids is 1. The number of nitriles is 1. The largest absolute Gasteiger partial charge is 0.296 e. The molecule has 5 heteroatoms. The molecule has 0 spiro atoms. The van der Waals surface area contributed by atoms with Crippen molar-refractivity contribution in [1.29, 1.82) is 5.26 Å². The van der Waals surface area contributed by atoms with Crippen molar-refractivity contribution in [2.24, 2.45) is 0 Å². The summed E-state index contributed by atoms with van der Waals surface area (Å²) in [6.07, 6.45) is 1.78. The number of benzene rings is 1. The monoisotopic (exact) mass is 260 g/mol. The first-order valence-electron chi connectivity index (χ1n) is 4.83. The number of thioether (sulfide) groups is 1. The quantitative estimate of drug-likeness (QED) is 0.574. The minimum Gasteiger partial charge on any atom is -0.296 e. The summed E-state index contributed by atoms with van der Waals surface area (Å²) in [5.74, 6) is -0.0793. The van der Waals surface area contributed by atoms with Crippen molar-refractivity contribution in [2.75, 3.05) is 7.05 Å². The third-order valence-corrected chi connectivity index (χ3v) is 3.81. The Bertz CT molecular complexity index is 555. The van der Waals surface area contributed by atoms with Crippen molar-refractivity contribution >= 4 is 40.3 Å². The van der Waals surface area contributed by atoms with E-state index in [2.05, 4.69) is 0 Å². The van der Waals surface area contributed by atoms with Crippen LogP contribution in [0.15, 0.2) is 29.2 Å². The van der Waals surface area contributed by atoms with Crippen LogP contribution < -0.4 is 0 Å². The maximum atomic E-state index is 11.7. The van der Waals surface area contributed by atoms with E-state index in [1.54, 1.807) is 37.4 Å². The third-order valence-electron chi connectivity index (χ3n) is 2.32. The molecule has 1 saturated heterocycles. The summed E-state index contributed by atoms with van der Waals surface area (Å²) in [5.41, 5.74) is 1.49. The van der Waals surface area contributed by atoms with Gasteiger partial charge >= 0.3 is 0 Å². The van der Waals surface area contributed by atoms with Crippen LogP contribution >= 0.6 is 24.0 Å². The van der Waals surface area contributed by atoms with Gasteiger partial charge in [-0.2, -0.15) is 5.26 Å². The van der Waals surface area contributed by atoms with Gasteiger partial charge in [-0.15, -0.1) is 0 Å². The van der Waals surface area contributed by atoms with Crippen LogP contribution in [0.1, 0.15) is 11.1 Å². The van der Waals surface area contributed by atoms with Crippen LogP contribution in [0.3, 0.4) is 0 Å². The molecule has 1 aliphatic rings.